The first-order valence-electron chi connectivity index (χ1n) is 8.03. The summed E-state index contributed by atoms with van der Waals surface area (Å²) in [5.41, 5.74) is 0.102. The van der Waals surface area contributed by atoms with Crippen molar-refractivity contribution < 1.29 is 9.53 Å². The first-order valence-corrected chi connectivity index (χ1v) is 8.41. The number of ether oxygens (including phenoxy) is 1. The van der Waals surface area contributed by atoms with Gasteiger partial charge in [-0.05, 0) is 18.3 Å². The molecule has 0 aliphatic carbocycles. The van der Waals surface area contributed by atoms with Crippen LogP contribution >= 0.6 is 11.6 Å². The summed E-state index contributed by atoms with van der Waals surface area (Å²) in [5.74, 6) is -0.433. The molecule has 1 atom stereocenters. The number of halogens is 1. The van der Waals surface area contributed by atoms with Gasteiger partial charge in [0.15, 0.2) is 5.69 Å². The van der Waals surface area contributed by atoms with Crippen LogP contribution in [0.5, 0.6) is 0 Å². The number of aromatic nitrogens is 2. The molecule has 0 radical (unpaired) electrons. The Hall–Kier alpha value is -1.16. The molecular formula is C17H27ClN2O2. The number of carbonyl (C=O) groups is 1. The van der Waals surface area contributed by atoms with Crippen molar-refractivity contribution in [2.24, 2.45) is 5.41 Å². The Labute approximate surface area is 138 Å². The van der Waals surface area contributed by atoms with E-state index < -0.39 is 5.97 Å². The van der Waals surface area contributed by atoms with E-state index >= 15 is 0 Å². The van der Waals surface area contributed by atoms with Gasteiger partial charge in [-0.2, -0.15) is 0 Å². The predicted molar refractivity (Wildman–Crippen MR) is 89.1 cm³/mol. The van der Waals surface area contributed by atoms with Crippen molar-refractivity contribution in [2.45, 2.75) is 72.3 Å². The van der Waals surface area contributed by atoms with Crippen LogP contribution in [0.3, 0.4) is 0 Å². The quantitative estimate of drug-likeness (QED) is 0.495. The van der Waals surface area contributed by atoms with Gasteiger partial charge in [-0.3, -0.25) is 0 Å². The molecule has 0 bridgehead atoms. The molecular weight excluding hydrogens is 300 g/mol. The van der Waals surface area contributed by atoms with E-state index in [-0.39, 0.29) is 22.4 Å². The zero-order chi connectivity index (χ0) is 16.6. The summed E-state index contributed by atoms with van der Waals surface area (Å²) in [6.45, 7) is 8.46. The summed E-state index contributed by atoms with van der Waals surface area (Å²) in [4.78, 5) is 20.0. The molecule has 0 saturated carbocycles. The van der Waals surface area contributed by atoms with Crippen LogP contribution in [0.4, 0.5) is 0 Å². The summed E-state index contributed by atoms with van der Waals surface area (Å²) in [6, 6.07) is 0. The monoisotopic (exact) mass is 326 g/mol. The molecule has 0 N–H and O–H groups in total. The van der Waals surface area contributed by atoms with Crippen molar-refractivity contribution in [2.75, 3.05) is 0 Å². The van der Waals surface area contributed by atoms with Gasteiger partial charge in [-0.15, -0.1) is 0 Å². The van der Waals surface area contributed by atoms with Crippen LogP contribution in [-0.2, 0) is 4.74 Å². The lowest BCUT2D eigenvalue weighted by molar-refractivity contribution is -0.00752. The minimum atomic E-state index is -0.433. The highest BCUT2D eigenvalue weighted by molar-refractivity contribution is 6.29. The second kappa shape index (κ2) is 9.09. The molecule has 22 heavy (non-hydrogen) atoms. The van der Waals surface area contributed by atoms with Crippen molar-refractivity contribution >= 4 is 17.6 Å². The van der Waals surface area contributed by atoms with E-state index in [1.807, 2.05) is 0 Å². The Morgan fingerprint density at radius 3 is 2.41 bits per heavy atom. The van der Waals surface area contributed by atoms with E-state index in [1.54, 1.807) is 0 Å². The zero-order valence-electron chi connectivity index (χ0n) is 14.1. The van der Waals surface area contributed by atoms with Crippen molar-refractivity contribution in [3.8, 4) is 0 Å². The third-order valence-electron chi connectivity index (χ3n) is 3.61. The van der Waals surface area contributed by atoms with E-state index in [1.165, 1.54) is 38.1 Å². The molecule has 4 nitrogen and oxygen atoms in total. The Morgan fingerprint density at radius 2 is 1.86 bits per heavy atom. The smallest absolute Gasteiger partial charge is 0.358 e. The highest BCUT2D eigenvalue weighted by atomic mass is 35.5. The fourth-order valence-corrected chi connectivity index (χ4v) is 2.31. The molecule has 1 aromatic rings. The Kier molecular flexibility index (Phi) is 7.80. The van der Waals surface area contributed by atoms with Crippen molar-refractivity contribution in [1.82, 2.24) is 9.97 Å². The number of hydrogen-bond donors (Lipinski definition) is 0. The summed E-state index contributed by atoms with van der Waals surface area (Å²) < 4.78 is 5.66. The molecule has 0 amide bonds. The fraction of sp³-hybridized carbons (Fsp3) is 0.706. The van der Waals surface area contributed by atoms with Gasteiger partial charge in [0.25, 0.3) is 0 Å². The summed E-state index contributed by atoms with van der Waals surface area (Å²) in [7, 11) is 0. The molecule has 0 fully saturated rings. The van der Waals surface area contributed by atoms with Crippen LogP contribution in [0, 0.1) is 5.41 Å². The Balaban J connectivity index is 2.57. The van der Waals surface area contributed by atoms with E-state index in [0.29, 0.717) is 0 Å². The van der Waals surface area contributed by atoms with Gasteiger partial charge in [0.2, 0.25) is 0 Å². The first kappa shape index (κ1) is 18.9. The topological polar surface area (TPSA) is 52.1 Å². The number of nitrogens with zero attached hydrogens (tertiary/aromatic N) is 2. The van der Waals surface area contributed by atoms with Gasteiger partial charge in [0.05, 0.1) is 12.4 Å². The zero-order valence-corrected chi connectivity index (χ0v) is 14.8. The Bertz CT molecular complexity index is 455. The minimum Gasteiger partial charge on any atom is -0.457 e. The van der Waals surface area contributed by atoms with E-state index in [9.17, 15) is 4.79 Å². The lowest BCUT2D eigenvalue weighted by Gasteiger charge is -2.30. The standard InChI is InChI=1S/C17H27ClN2O2/c1-5-6-7-8-9-10-14(17(2,3)4)22-16(21)13-11-20-15(18)12-19-13/h11-12,14H,5-10H2,1-4H3/t14-/m0/s1. The fourth-order valence-electron chi connectivity index (χ4n) is 2.21. The van der Waals surface area contributed by atoms with Crippen molar-refractivity contribution in [1.29, 1.82) is 0 Å². The molecule has 0 unspecified atom stereocenters. The van der Waals surface area contributed by atoms with Crippen molar-refractivity contribution in [3.63, 3.8) is 0 Å². The predicted octanol–water partition coefficient (Wildman–Crippen LogP) is 5.06. The molecule has 1 aromatic heterocycles. The van der Waals surface area contributed by atoms with Crippen LogP contribution in [0.2, 0.25) is 5.15 Å². The SMILES string of the molecule is CCCCCCC[C@H](OC(=O)c1cnc(Cl)cn1)C(C)(C)C. The van der Waals surface area contributed by atoms with Crippen molar-refractivity contribution in [3.05, 3.63) is 23.2 Å². The maximum atomic E-state index is 12.2. The molecule has 0 saturated heterocycles. The third-order valence-corrected chi connectivity index (χ3v) is 3.81. The van der Waals surface area contributed by atoms with E-state index in [4.69, 9.17) is 16.3 Å². The molecule has 0 spiro atoms. The molecule has 0 aromatic carbocycles. The molecule has 0 aliphatic heterocycles. The van der Waals surface area contributed by atoms with Crippen LogP contribution in [0.15, 0.2) is 12.4 Å². The maximum absolute atomic E-state index is 12.2. The van der Waals surface area contributed by atoms with Gasteiger partial charge in [-0.25, -0.2) is 14.8 Å². The number of carbonyl (C=O) groups excluding carboxylic acids is 1. The van der Waals surface area contributed by atoms with Crippen LogP contribution in [-0.4, -0.2) is 22.0 Å². The normalized spacial score (nSPS) is 13.0. The van der Waals surface area contributed by atoms with Gasteiger partial charge in [0, 0.05) is 0 Å². The molecule has 5 heteroatoms. The van der Waals surface area contributed by atoms with Crippen LogP contribution in [0.1, 0.15) is 76.7 Å². The number of unbranched alkanes of at least 4 members (excludes halogenated alkanes) is 4. The third kappa shape index (κ3) is 6.73. The van der Waals surface area contributed by atoms with Gasteiger partial charge >= 0.3 is 5.97 Å². The second-order valence-corrected chi connectivity index (χ2v) is 7.07. The lowest BCUT2D eigenvalue weighted by atomic mass is 9.85. The molecule has 124 valence electrons. The van der Waals surface area contributed by atoms with Gasteiger partial charge in [0.1, 0.15) is 11.3 Å². The molecule has 1 rings (SSSR count). The van der Waals surface area contributed by atoms with E-state index in [2.05, 4.69) is 37.7 Å². The molecule has 1 heterocycles. The summed E-state index contributed by atoms with van der Waals surface area (Å²) in [6.07, 6.45) is 9.44. The largest absolute Gasteiger partial charge is 0.457 e. The second-order valence-electron chi connectivity index (χ2n) is 6.69. The highest BCUT2D eigenvalue weighted by Crippen LogP contribution is 2.27. The summed E-state index contributed by atoms with van der Waals surface area (Å²) >= 11 is 5.68. The highest BCUT2D eigenvalue weighted by Gasteiger charge is 2.28. The number of hydrogen-bond acceptors (Lipinski definition) is 4. The maximum Gasteiger partial charge on any atom is 0.358 e. The minimum absolute atomic E-state index is 0.0970. The first-order chi connectivity index (χ1) is 10.3. The lowest BCUT2D eigenvalue weighted by Crippen LogP contribution is -2.32. The molecule has 0 aliphatic rings. The van der Waals surface area contributed by atoms with Gasteiger partial charge < -0.3 is 4.74 Å². The van der Waals surface area contributed by atoms with Crippen LogP contribution < -0.4 is 0 Å². The Morgan fingerprint density at radius 1 is 1.18 bits per heavy atom. The van der Waals surface area contributed by atoms with Crippen LogP contribution in [0.25, 0.3) is 0 Å². The number of rotatable bonds is 8. The average Bonchev–Trinajstić information content (AvgIpc) is 2.45. The van der Waals surface area contributed by atoms with Gasteiger partial charge in [-0.1, -0.05) is 65.0 Å². The average molecular weight is 327 g/mol. The summed E-state index contributed by atoms with van der Waals surface area (Å²) in [5, 5.41) is 0.264. The van der Waals surface area contributed by atoms with E-state index in [0.717, 1.165) is 12.8 Å². The number of esters is 1.